The van der Waals surface area contributed by atoms with Gasteiger partial charge in [0.1, 0.15) is 5.82 Å². The molecular weight excluding hydrogens is 456 g/mol. The van der Waals surface area contributed by atoms with Gasteiger partial charge >= 0.3 is 0 Å². The molecule has 34 heavy (non-hydrogen) atoms. The van der Waals surface area contributed by atoms with Crippen molar-refractivity contribution in [1.82, 2.24) is 9.55 Å². The molecule has 3 N–H and O–H groups in total. The maximum absolute atomic E-state index is 13.1. The third kappa shape index (κ3) is 4.91. The van der Waals surface area contributed by atoms with E-state index in [-0.39, 0.29) is 24.5 Å². The number of nitrogens with zero attached hydrogens (tertiary/aromatic N) is 2. The summed E-state index contributed by atoms with van der Waals surface area (Å²) >= 11 is 1.43. The van der Waals surface area contributed by atoms with Crippen molar-refractivity contribution in [2.75, 3.05) is 19.0 Å². The second kappa shape index (κ2) is 10.0. The van der Waals surface area contributed by atoms with Crippen LogP contribution in [0.15, 0.2) is 58.5 Å². The average molecular weight is 481 g/mol. The van der Waals surface area contributed by atoms with Crippen LogP contribution in [-0.2, 0) is 22.4 Å². The highest BCUT2D eigenvalue weighted by Crippen LogP contribution is 2.39. The second-order valence-corrected chi connectivity index (χ2v) is 8.71. The first kappa shape index (κ1) is 23.4. The predicted molar refractivity (Wildman–Crippen MR) is 128 cm³/mol. The summed E-state index contributed by atoms with van der Waals surface area (Å²) < 4.78 is 12.5. The van der Waals surface area contributed by atoms with E-state index in [2.05, 4.69) is 10.3 Å². The summed E-state index contributed by atoms with van der Waals surface area (Å²) in [4.78, 5) is 41.1. The Morgan fingerprint density at radius 3 is 2.68 bits per heavy atom. The lowest BCUT2D eigenvalue weighted by Gasteiger charge is -2.28. The number of thioether (sulfide) groups is 1. The molecule has 4 rings (SSSR count). The van der Waals surface area contributed by atoms with Gasteiger partial charge in [0.25, 0.3) is 11.5 Å². The molecule has 0 saturated carbocycles. The fourth-order valence-electron chi connectivity index (χ4n) is 3.84. The number of benzene rings is 2. The van der Waals surface area contributed by atoms with Gasteiger partial charge in [0.2, 0.25) is 5.91 Å². The molecule has 1 atom stereocenters. The van der Waals surface area contributed by atoms with Gasteiger partial charge in [-0.2, -0.15) is 4.98 Å². The summed E-state index contributed by atoms with van der Waals surface area (Å²) in [5.41, 5.74) is 6.98. The van der Waals surface area contributed by atoms with Crippen molar-refractivity contribution >= 4 is 29.4 Å². The smallest absolute Gasteiger partial charge is 0.279 e. The van der Waals surface area contributed by atoms with Crippen molar-refractivity contribution in [3.8, 4) is 11.5 Å². The van der Waals surface area contributed by atoms with Gasteiger partial charge in [-0.05, 0) is 23.3 Å². The van der Waals surface area contributed by atoms with Crippen molar-refractivity contribution in [1.29, 1.82) is 0 Å². The second-order valence-electron chi connectivity index (χ2n) is 7.77. The summed E-state index contributed by atoms with van der Waals surface area (Å²) in [5, 5.41) is 3.36. The highest BCUT2D eigenvalue weighted by Gasteiger charge is 2.32. The van der Waals surface area contributed by atoms with Gasteiger partial charge < -0.3 is 25.1 Å². The standard InChI is InChI=1S/C24H24N4O5S/c1-28-22-21(23(31)27-24(28)34-13-14-6-4-3-5-7-14)16(11-20(30)26-22)15-8-9-17(18(10-15)32-2)33-12-19(25)29/h3-10,16H,11-13H2,1-2H3,(H2,25,29)(H,26,30). The number of fused-ring (bicyclic) bond motifs is 1. The van der Waals surface area contributed by atoms with E-state index in [1.165, 1.54) is 18.9 Å². The first-order valence-electron chi connectivity index (χ1n) is 10.5. The zero-order chi connectivity index (χ0) is 24.2. The van der Waals surface area contributed by atoms with Gasteiger partial charge in [-0.1, -0.05) is 48.2 Å². The van der Waals surface area contributed by atoms with Crippen LogP contribution in [0.2, 0.25) is 0 Å². The SMILES string of the molecule is COc1cc(C2CC(=O)Nc3c2c(=O)nc(SCc2ccccc2)n3C)ccc1OCC(N)=O. The van der Waals surface area contributed by atoms with Gasteiger partial charge in [0.15, 0.2) is 23.3 Å². The monoisotopic (exact) mass is 480 g/mol. The lowest BCUT2D eigenvalue weighted by molar-refractivity contribution is -0.120. The number of rotatable bonds is 8. The van der Waals surface area contributed by atoms with E-state index in [1.54, 1.807) is 29.8 Å². The number of methoxy groups -OCH3 is 1. The Hall–Kier alpha value is -3.79. The minimum atomic E-state index is -0.612. The molecule has 2 aromatic carbocycles. The molecule has 9 nitrogen and oxygen atoms in total. The van der Waals surface area contributed by atoms with Crippen molar-refractivity contribution in [3.05, 3.63) is 75.6 Å². The van der Waals surface area contributed by atoms with Gasteiger partial charge in [-0.3, -0.25) is 14.4 Å². The van der Waals surface area contributed by atoms with Crippen LogP contribution in [0.5, 0.6) is 11.5 Å². The Morgan fingerprint density at radius 1 is 1.21 bits per heavy atom. The van der Waals surface area contributed by atoms with E-state index < -0.39 is 11.8 Å². The van der Waals surface area contributed by atoms with Crippen LogP contribution in [0.25, 0.3) is 0 Å². The number of hydrogen-bond acceptors (Lipinski definition) is 7. The van der Waals surface area contributed by atoms with E-state index in [4.69, 9.17) is 15.2 Å². The summed E-state index contributed by atoms with van der Waals surface area (Å²) in [5.74, 6) is 0.453. The molecule has 1 aliphatic rings. The molecule has 0 fully saturated rings. The zero-order valence-corrected chi connectivity index (χ0v) is 19.6. The van der Waals surface area contributed by atoms with Gasteiger partial charge in [0.05, 0.1) is 12.7 Å². The number of primary amides is 1. The highest BCUT2D eigenvalue weighted by atomic mass is 32.2. The number of anilines is 1. The molecule has 0 saturated heterocycles. The maximum Gasteiger partial charge on any atom is 0.279 e. The van der Waals surface area contributed by atoms with Crippen LogP contribution in [0.1, 0.15) is 29.0 Å². The van der Waals surface area contributed by atoms with Crippen molar-refractivity contribution in [2.45, 2.75) is 23.2 Å². The lowest BCUT2D eigenvalue weighted by Crippen LogP contribution is -2.33. The van der Waals surface area contributed by atoms with Crippen molar-refractivity contribution in [3.63, 3.8) is 0 Å². The molecule has 1 aliphatic heterocycles. The van der Waals surface area contributed by atoms with E-state index >= 15 is 0 Å². The van der Waals surface area contributed by atoms with E-state index in [9.17, 15) is 14.4 Å². The van der Waals surface area contributed by atoms with E-state index in [1.807, 2.05) is 30.3 Å². The third-order valence-electron chi connectivity index (χ3n) is 5.47. The van der Waals surface area contributed by atoms with E-state index in [0.717, 1.165) is 5.56 Å². The number of hydrogen-bond donors (Lipinski definition) is 2. The maximum atomic E-state index is 13.1. The number of carbonyl (C=O) groups is 2. The molecule has 0 spiro atoms. The van der Waals surface area contributed by atoms with E-state index in [0.29, 0.717) is 39.4 Å². The van der Waals surface area contributed by atoms with Crippen molar-refractivity contribution in [2.24, 2.45) is 12.8 Å². The minimum Gasteiger partial charge on any atom is -0.493 e. The Kier molecular flexibility index (Phi) is 6.87. The molecule has 2 amide bonds. The average Bonchev–Trinajstić information content (AvgIpc) is 2.84. The summed E-state index contributed by atoms with van der Waals surface area (Å²) in [6.07, 6.45) is 0.0884. The Labute approximate surface area is 200 Å². The highest BCUT2D eigenvalue weighted by molar-refractivity contribution is 7.98. The molecule has 2 heterocycles. The Morgan fingerprint density at radius 2 is 1.97 bits per heavy atom. The van der Waals surface area contributed by atoms with Gasteiger partial charge in [-0.25, -0.2) is 0 Å². The fourth-order valence-corrected chi connectivity index (χ4v) is 4.76. The molecule has 0 radical (unpaired) electrons. The molecule has 0 aliphatic carbocycles. The van der Waals surface area contributed by atoms with Crippen LogP contribution in [0, 0.1) is 0 Å². The van der Waals surface area contributed by atoms with Crippen molar-refractivity contribution < 1.29 is 19.1 Å². The predicted octanol–water partition coefficient (Wildman–Crippen LogP) is 2.42. The first-order chi connectivity index (χ1) is 16.4. The molecule has 0 bridgehead atoms. The number of nitrogens with one attached hydrogen (secondary N) is 1. The fraction of sp³-hybridized carbons (Fsp3) is 0.250. The zero-order valence-electron chi connectivity index (χ0n) is 18.7. The van der Waals surface area contributed by atoms with Crippen LogP contribution in [0.4, 0.5) is 5.82 Å². The minimum absolute atomic E-state index is 0.0884. The summed E-state index contributed by atoms with van der Waals surface area (Å²) in [6.45, 7) is -0.293. The number of aromatic nitrogens is 2. The lowest BCUT2D eigenvalue weighted by atomic mass is 9.86. The molecule has 1 unspecified atom stereocenters. The molecule has 176 valence electrons. The summed E-state index contributed by atoms with van der Waals surface area (Å²) in [7, 11) is 3.25. The Balaban J connectivity index is 1.69. The topological polar surface area (TPSA) is 126 Å². The normalized spacial score (nSPS) is 14.8. The number of amides is 2. The van der Waals surface area contributed by atoms with Crippen LogP contribution >= 0.6 is 11.8 Å². The quantitative estimate of drug-likeness (QED) is 0.375. The first-order valence-corrected chi connectivity index (χ1v) is 11.5. The molecule has 1 aromatic heterocycles. The van der Waals surface area contributed by atoms with Gasteiger partial charge in [-0.15, -0.1) is 0 Å². The third-order valence-corrected chi connectivity index (χ3v) is 6.57. The van der Waals surface area contributed by atoms with Gasteiger partial charge in [0, 0.05) is 25.1 Å². The van der Waals surface area contributed by atoms with Crippen LogP contribution in [0.3, 0.4) is 0 Å². The number of nitrogens with two attached hydrogens (primary N) is 1. The summed E-state index contributed by atoms with van der Waals surface area (Å²) in [6, 6.07) is 14.9. The molecule has 3 aromatic rings. The van der Waals surface area contributed by atoms with Crippen LogP contribution < -0.4 is 26.1 Å². The van der Waals surface area contributed by atoms with Crippen LogP contribution in [-0.4, -0.2) is 35.1 Å². The molecular formula is C24H24N4O5S. The number of ether oxygens (including phenoxy) is 2. The molecule has 10 heteroatoms. The number of carbonyl (C=O) groups excluding carboxylic acids is 2. The largest absolute Gasteiger partial charge is 0.493 e. The Bertz CT molecular complexity index is 1290.